The van der Waals surface area contributed by atoms with E-state index < -0.39 is 11.7 Å². The van der Waals surface area contributed by atoms with Crippen LogP contribution in [-0.2, 0) is 17.5 Å². The molecule has 6 nitrogen and oxygen atoms in total. The number of hydrogen-bond donors (Lipinski definition) is 1. The van der Waals surface area contributed by atoms with E-state index >= 15 is 0 Å². The van der Waals surface area contributed by atoms with Crippen molar-refractivity contribution in [3.63, 3.8) is 0 Å². The Morgan fingerprint density at radius 2 is 2.00 bits per heavy atom. The van der Waals surface area contributed by atoms with E-state index in [9.17, 15) is 13.2 Å². The van der Waals surface area contributed by atoms with Gasteiger partial charge < -0.3 is 15.0 Å². The molecular formula is C20H18F3N5O. The van der Waals surface area contributed by atoms with Gasteiger partial charge in [0.05, 0.1) is 29.7 Å². The van der Waals surface area contributed by atoms with E-state index in [0.29, 0.717) is 36.0 Å². The summed E-state index contributed by atoms with van der Waals surface area (Å²) in [5.41, 5.74) is 0.0110. The molecule has 0 spiro atoms. The second kappa shape index (κ2) is 6.84. The largest absolute Gasteiger partial charge is 0.416 e. The molecule has 4 heterocycles. The summed E-state index contributed by atoms with van der Waals surface area (Å²) < 4.78 is 45.5. The zero-order chi connectivity index (χ0) is 20.0. The maximum Gasteiger partial charge on any atom is 0.416 e. The summed E-state index contributed by atoms with van der Waals surface area (Å²) in [6, 6.07) is 9.32. The number of pyridine rings is 1. The van der Waals surface area contributed by atoms with Crippen LogP contribution in [0.15, 0.2) is 42.6 Å². The molecule has 2 saturated heterocycles. The molecule has 29 heavy (non-hydrogen) atoms. The molecule has 150 valence electrons. The molecule has 0 amide bonds. The number of ether oxygens (including phenoxy) is 1. The third-order valence-corrected chi connectivity index (χ3v) is 5.39. The van der Waals surface area contributed by atoms with E-state index in [1.807, 2.05) is 6.07 Å². The number of benzene rings is 1. The van der Waals surface area contributed by atoms with Crippen LogP contribution < -0.4 is 10.2 Å². The number of anilines is 2. The molecule has 2 atom stereocenters. The summed E-state index contributed by atoms with van der Waals surface area (Å²) in [6.45, 7) is 1.33. The summed E-state index contributed by atoms with van der Waals surface area (Å²) in [7, 11) is 0. The Labute approximate surface area is 164 Å². The van der Waals surface area contributed by atoms with Crippen molar-refractivity contribution in [2.24, 2.45) is 0 Å². The van der Waals surface area contributed by atoms with E-state index in [0.717, 1.165) is 12.5 Å². The van der Waals surface area contributed by atoms with Crippen molar-refractivity contribution >= 4 is 22.8 Å². The van der Waals surface area contributed by atoms with Gasteiger partial charge in [0.25, 0.3) is 0 Å². The van der Waals surface area contributed by atoms with E-state index in [1.54, 1.807) is 18.3 Å². The van der Waals surface area contributed by atoms with Crippen LogP contribution in [0, 0.1) is 0 Å². The van der Waals surface area contributed by atoms with Gasteiger partial charge in [0.1, 0.15) is 5.82 Å². The Kier molecular flexibility index (Phi) is 4.27. The Bertz CT molecular complexity index is 1060. The Morgan fingerprint density at radius 3 is 2.76 bits per heavy atom. The topological polar surface area (TPSA) is 63.2 Å². The molecule has 2 fully saturated rings. The number of fused-ring (bicyclic) bond motifs is 3. The van der Waals surface area contributed by atoms with Crippen LogP contribution in [0.1, 0.15) is 17.5 Å². The van der Waals surface area contributed by atoms with Crippen molar-refractivity contribution in [2.75, 3.05) is 23.4 Å². The fourth-order valence-electron chi connectivity index (χ4n) is 3.99. The highest BCUT2D eigenvalue weighted by Crippen LogP contribution is 2.34. The number of halogens is 3. The van der Waals surface area contributed by atoms with Gasteiger partial charge in [-0.2, -0.15) is 23.1 Å². The molecular weight excluding hydrogens is 383 g/mol. The van der Waals surface area contributed by atoms with Crippen molar-refractivity contribution in [3.8, 4) is 0 Å². The minimum Gasteiger partial charge on any atom is -0.374 e. The molecule has 1 N–H and O–H groups in total. The number of aromatic nitrogens is 3. The van der Waals surface area contributed by atoms with Crippen molar-refractivity contribution < 1.29 is 17.9 Å². The molecule has 2 unspecified atom stereocenters. The van der Waals surface area contributed by atoms with Crippen LogP contribution in [0.25, 0.3) is 11.0 Å². The first-order valence-corrected chi connectivity index (χ1v) is 9.39. The summed E-state index contributed by atoms with van der Waals surface area (Å²) in [5.74, 6) is 0.998. The number of morpholine rings is 1. The van der Waals surface area contributed by atoms with Gasteiger partial charge in [-0.3, -0.25) is 0 Å². The van der Waals surface area contributed by atoms with Gasteiger partial charge in [-0.1, -0.05) is 18.2 Å². The standard InChI is InChI=1S/C20H18F3N5O/c21-20(22,23)16-6-2-1-4-12(16)9-25-18-15-5-3-7-24-17(15)26-19(27-18)28-10-14-8-13(28)11-29-14/h1-7,13-14H,8-11H2,(H,24,25,26,27). The third-order valence-electron chi connectivity index (χ3n) is 5.39. The Morgan fingerprint density at radius 1 is 1.14 bits per heavy atom. The van der Waals surface area contributed by atoms with Crippen molar-refractivity contribution in [2.45, 2.75) is 31.3 Å². The lowest BCUT2D eigenvalue weighted by atomic mass is 10.1. The predicted octanol–water partition coefficient (Wildman–Crippen LogP) is 3.63. The average Bonchev–Trinajstić information content (AvgIpc) is 3.35. The monoisotopic (exact) mass is 401 g/mol. The lowest BCUT2D eigenvalue weighted by molar-refractivity contribution is -0.138. The second-order valence-corrected chi connectivity index (χ2v) is 7.25. The summed E-state index contributed by atoms with van der Waals surface area (Å²) in [6.07, 6.45) is -1.65. The molecule has 3 aromatic rings. The summed E-state index contributed by atoms with van der Waals surface area (Å²) in [5, 5.41) is 3.74. The van der Waals surface area contributed by atoms with Gasteiger partial charge in [-0.15, -0.1) is 0 Å². The normalized spacial score (nSPS) is 21.1. The van der Waals surface area contributed by atoms with E-state index in [2.05, 4.69) is 25.2 Å². The molecule has 0 saturated carbocycles. The van der Waals surface area contributed by atoms with Crippen molar-refractivity contribution in [1.82, 2.24) is 15.0 Å². The minimum absolute atomic E-state index is 0.00864. The molecule has 5 rings (SSSR count). The highest BCUT2D eigenvalue weighted by atomic mass is 19.4. The first kappa shape index (κ1) is 18.1. The van der Waals surface area contributed by atoms with Crippen molar-refractivity contribution in [3.05, 3.63) is 53.7 Å². The second-order valence-electron chi connectivity index (χ2n) is 7.25. The van der Waals surface area contributed by atoms with Crippen LogP contribution >= 0.6 is 0 Å². The van der Waals surface area contributed by atoms with Gasteiger partial charge in [0.15, 0.2) is 5.65 Å². The highest BCUT2D eigenvalue weighted by molar-refractivity contribution is 5.87. The fraction of sp³-hybridized carbons (Fsp3) is 0.350. The molecule has 1 aromatic carbocycles. The van der Waals surface area contributed by atoms with Crippen LogP contribution in [0.3, 0.4) is 0 Å². The van der Waals surface area contributed by atoms with Crippen LogP contribution in [0.5, 0.6) is 0 Å². The molecule has 2 aliphatic rings. The Balaban J connectivity index is 1.49. The summed E-state index contributed by atoms with van der Waals surface area (Å²) in [4.78, 5) is 15.6. The number of alkyl halides is 3. The average molecular weight is 401 g/mol. The molecule has 0 aliphatic carbocycles. The molecule has 2 bridgehead atoms. The molecule has 0 radical (unpaired) electrons. The number of nitrogens with zero attached hydrogens (tertiary/aromatic N) is 4. The lowest BCUT2D eigenvalue weighted by Crippen LogP contribution is -2.38. The highest BCUT2D eigenvalue weighted by Gasteiger charge is 2.40. The third kappa shape index (κ3) is 3.35. The number of rotatable bonds is 4. The lowest BCUT2D eigenvalue weighted by Gasteiger charge is -2.27. The Hall–Kier alpha value is -2.94. The van der Waals surface area contributed by atoms with Crippen LogP contribution in [0.2, 0.25) is 0 Å². The minimum atomic E-state index is -4.41. The van der Waals surface area contributed by atoms with Gasteiger partial charge >= 0.3 is 6.18 Å². The fourth-order valence-corrected chi connectivity index (χ4v) is 3.99. The number of hydrogen-bond acceptors (Lipinski definition) is 6. The first-order chi connectivity index (χ1) is 14.0. The SMILES string of the molecule is FC(F)(F)c1ccccc1CNc1nc(N2CC3CC2CO3)nc2ncccc12. The zero-order valence-corrected chi connectivity index (χ0v) is 15.4. The van der Waals surface area contributed by atoms with E-state index in [-0.39, 0.29) is 24.3 Å². The molecule has 2 aliphatic heterocycles. The smallest absolute Gasteiger partial charge is 0.374 e. The van der Waals surface area contributed by atoms with Gasteiger partial charge in [0.2, 0.25) is 5.95 Å². The first-order valence-electron chi connectivity index (χ1n) is 9.39. The van der Waals surface area contributed by atoms with E-state index in [4.69, 9.17) is 4.74 Å². The quantitative estimate of drug-likeness (QED) is 0.720. The van der Waals surface area contributed by atoms with Gasteiger partial charge in [-0.25, -0.2) is 4.98 Å². The summed E-state index contributed by atoms with van der Waals surface area (Å²) >= 11 is 0. The van der Waals surface area contributed by atoms with Crippen LogP contribution in [0.4, 0.5) is 24.9 Å². The zero-order valence-electron chi connectivity index (χ0n) is 15.4. The van der Waals surface area contributed by atoms with Gasteiger partial charge in [0, 0.05) is 19.3 Å². The predicted molar refractivity (Wildman–Crippen MR) is 102 cm³/mol. The number of nitrogens with one attached hydrogen (secondary N) is 1. The molecule has 9 heteroatoms. The van der Waals surface area contributed by atoms with E-state index in [1.165, 1.54) is 12.1 Å². The van der Waals surface area contributed by atoms with Crippen molar-refractivity contribution in [1.29, 1.82) is 0 Å². The molecule has 2 aromatic heterocycles. The van der Waals surface area contributed by atoms with Crippen LogP contribution in [-0.4, -0.2) is 40.2 Å². The maximum atomic E-state index is 13.3. The van der Waals surface area contributed by atoms with Gasteiger partial charge in [-0.05, 0) is 30.2 Å². The maximum absolute atomic E-state index is 13.3.